The number of carbonyl (C=O) groups excluding carboxylic acids is 1. The van der Waals surface area contributed by atoms with Crippen LogP contribution in [0.3, 0.4) is 0 Å². The summed E-state index contributed by atoms with van der Waals surface area (Å²) in [7, 11) is 0. The Morgan fingerprint density at radius 3 is 3.04 bits per heavy atom. The molecule has 4 rings (SSSR count). The predicted molar refractivity (Wildman–Crippen MR) is 93.2 cm³/mol. The van der Waals surface area contributed by atoms with Crippen LogP contribution in [0.1, 0.15) is 47.4 Å². The van der Waals surface area contributed by atoms with Gasteiger partial charge in [-0.2, -0.15) is 11.3 Å². The van der Waals surface area contributed by atoms with Gasteiger partial charge >= 0.3 is 0 Å². The molecule has 0 unspecified atom stereocenters. The number of fused-ring (bicyclic) bond motifs is 1. The maximum atomic E-state index is 12.7. The van der Waals surface area contributed by atoms with Crippen molar-refractivity contribution in [1.29, 1.82) is 0 Å². The van der Waals surface area contributed by atoms with Crippen LogP contribution < -0.4 is 0 Å². The summed E-state index contributed by atoms with van der Waals surface area (Å²) in [4.78, 5) is 19.3. The van der Waals surface area contributed by atoms with Crippen molar-refractivity contribution < 1.29 is 9.53 Å². The van der Waals surface area contributed by atoms with Crippen LogP contribution in [-0.2, 0) is 17.8 Å². The van der Waals surface area contributed by atoms with Crippen LogP contribution in [0.5, 0.6) is 0 Å². The molecular weight excluding hydrogens is 322 g/mol. The standard InChI is InChI=1S/C18H23N3O2S/c1-2-23-10-15-8-20(18(22)14-5-6-24-11-14)9-16-17(15)21(12-19-16)7-13-3-4-13/h5-6,11-13,15H,2-4,7-10H2,1H3/t15-/m0/s1. The lowest BCUT2D eigenvalue weighted by atomic mass is 9.98. The quantitative estimate of drug-likeness (QED) is 0.808. The molecule has 1 fully saturated rings. The molecule has 2 aromatic heterocycles. The number of aromatic nitrogens is 2. The van der Waals surface area contributed by atoms with Gasteiger partial charge in [0.2, 0.25) is 0 Å². The molecule has 0 radical (unpaired) electrons. The molecule has 128 valence electrons. The third kappa shape index (κ3) is 3.13. The second kappa shape index (κ2) is 6.69. The summed E-state index contributed by atoms with van der Waals surface area (Å²) in [6.07, 6.45) is 4.61. The Kier molecular flexibility index (Phi) is 4.41. The summed E-state index contributed by atoms with van der Waals surface area (Å²) < 4.78 is 8.03. The van der Waals surface area contributed by atoms with Crippen molar-refractivity contribution in [2.45, 2.75) is 38.8 Å². The van der Waals surface area contributed by atoms with E-state index in [2.05, 4.69) is 9.55 Å². The fourth-order valence-corrected chi connectivity index (χ4v) is 4.09. The highest BCUT2D eigenvalue weighted by Gasteiger charge is 2.34. The first-order chi connectivity index (χ1) is 11.8. The lowest BCUT2D eigenvalue weighted by molar-refractivity contribution is 0.0644. The average Bonchev–Trinajstić information content (AvgIpc) is 3.09. The molecule has 0 aromatic carbocycles. The van der Waals surface area contributed by atoms with Crippen LogP contribution in [0.25, 0.3) is 0 Å². The van der Waals surface area contributed by atoms with Gasteiger partial charge < -0.3 is 14.2 Å². The first kappa shape index (κ1) is 15.8. The minimum atomic E-state index is 0.0974. The van der Waals surface area contributed by atoms with Gasteiger partial charge in [-0.1, -0.05) is 0 Å². The molecule has 2 aromatic rings. The van der Waals surface area contributed by atoms with Gasteiger partial charge in [0, 0.05) is 36.7 Å². The largest absolute Gasteiger partial charge is 0.381 e. The van der Waals surface area contributed by atoms with E-state index in [1.807, 2.05) is 35.0 Å². The normalized spacial score (nSPS) is 20.2. The Morgan fingerprint density at radius 2 is 2.33 bits per heavy atom. The molecule has 0 saturated heterocycles. The van der Waals surface area contributed by atoms with Gasteiger partial charge in [-0.25, -0.2) is 4.98 Å². The molecule has 6 heteroatoms. The maximum absolute atomic E-state index is 12.7. The SMILES string of the molecule is CCOC[C@@H]1CN(C(=O)c2ccsc2)Cc2ncn(CC3CC3)c21. The summed E-state index contributed by atoms with van der Waals surface area (Å²) in [5.74, 6) is 1.11. The molecule has 1 aliphatic heterocycles. The van der Waals surface area contributed by atoms with E-state index >= 15 is 0 Å². The van der Waals surface area contributed by atoms with Gasteiger partial charge in [0.1, 0.15) is 0 Å². The molecule has 1 saturated carbocycles. The van der Waals surface area contributed by atoms with Crippen LogP contribution in [0.2, 0.25) is 0 Å². The minimum Gasteiger partial charge on any atom is -0.381 e. The first-order valence-corrected chi connectivity index (χ1v) is 9.63. The van der Waals surface area contributed by atoms with Gasteiger partial charge in [0.25, 0.3) is 5.91 Å². The summed E-state index contributed by atoms with van der Waals surface area (Å²) in [6, 6.07) is 1.89. The average molecular weight is 345 g/mol. The summed E-state index contributed by atoms with van der Waals surface area (Å²) >= 11 is 1.56. The number of imidazole rings is 1. The monoisotopic (exact) mass is 345 g/mol. The van der Waals surface area contributed by atoms with Crippen molar-refractivity contribution in [1.82, 2.24) is 14.5 Å². The molecule has 0 spiro atoms. The topological polar surface area (TPSA) is 47.4 Å². The molecule has 0 N–H and O–H groups in total. The van der Waals surface area contributed by atoms with Crippen molar-refractivity contribution in [3.8, 4) is 0 Å². The fraction of sp³-hybridized carbons (Fsp3) is 0.556. The zero-order valence-corrected chi connectivity index (χ0v) is 14.8. The van der Waals surface area contributed by atoms with E-state index < -0.39 is 0 Å². The van der Waals surface area contributed by atoms with Crippen molar-refractivity contribution in [3.05, 3.63) is 40.1 Å². The van der Waals surface area contributed by atoms with Crippen LogP contribution in [0, 0.1) is 5.92 Å². The molecule has 1 aliphatic carbocycles. The highest BCUT2D eigenvalue weighted by molar-refractivity contribution is 7.08. The summed E-state index contributed by atoms with van der Waals surface area (Å²) in [5.41, 5.74) is 3.09. The van der Waals surface area contributed by atoms with Gasteiger partial charge in [-0.05, 0) is 37.1 Å². The Labute approximate surface area is 146 Å². The van der Waals surface area contributed by atoms with Crippen molar-refractivity contribution in [2.75, 3.05) is 19.8 Å². The number of thiophene rings is 1. The molecule has 2 aliphatic rings. The summed E-state index contributed by atoms with van der Waals surface area (Å²) in [5, 5.41) is 3.87. The molecule has 24 heavy (non-hydrogen) atoms. The first-order valence-electron chi connectivity index (χ1n) is 8.69. The van der Waals surface area contributed by atoms with Gasteiger partial charge in [-0.15, -0.1) is 0 Å². The van der Waals surface area contributed by atoms with E-state index in [0.717, 1.165) is 23.7 Å². The van der Waals surface area contributed by atoms with Crippen LogP contribution >= 0.6 is 11.3 Å². The molecule has 0 bridgehead atoms. The highest BCUT2D eigenvalue weighted by Crippen LogP contribution is 2.34. The Morgan fingerprint density at radius 1 is 1.46 bits per heavy atom. The molecule has 1 atom stereocenters. The van der Waals surface area contributed by atoms with E-state index in [1.54, 1.807) is 11.3 Å². The second-order valence-electron chi connectivity index (χ2n) is 6.73. The van der Waals surface area contributed by atoms with E-state index in [-0.39, 0.29) is 11.8 Å². The van der Waals surface area contributed by atoms with E-state index in [9.17, 15) is 4.79 Å². The zero-order chi connectivity index (χ0) is 16.5. The summed E-state index contributed by atoms with van der Waals surface area (Å²) in [6.45, 7) is 5.72. The Hall–Kier alpha value is -1.66. The highest BCUT2D eigenvalue weighted by atomic mass is 32.1. The van der Waals surface area contributed by atoms with Gasteiger partial charge in [0.05, 0.1) is 30.7 Å². The molecule has 5 nitrogen and oxygen atoms in total. The number of nitrogens with zero attached hydrogens (tertiary/aromatic N) is 3. The van der Waals surface area contributed by atoms with Crippen LogP contribution in [0.4, 0.5) is 0 Å². The molecule has 3 heterocycles. The second-order valence-corrected chi connectivity index (χ2v) is 7.51. The molecule has 1 amide bonds. The van der Waals surface area contributed by atoms with Crippen LogP contribution in [-0.4, -0.2) is 40.1 Å². The smallest absolute Gasteiger partial charge is 0.255 e. The maximum Gasteiger partial charge on any atom is 0.255 e. The number of ether oxygens (including phenoxy) is 1. The van der Waals surface area contributed by atoms with Crippen molar-refractivity contribution >= 4 is 17.2 Å². The van der Waals surface area contributed by atoms with Crippen molar-refractivity contribution in [3.63, 3.8) is 0 Å². The van der Waals surface area contributed by atoms with Crippen molar-refractivity contribution in [2.24, 2.45) is 5.92 Å². The molecular formula is C18H23N3O2S. The van der Waals surface area contributed by atoms with Gasteiger partial charge in [-0.3, -0.25) is 4.79 Å². The fourth-order valence-electron chi connectivity index (χ4n) is 3.46. The zero-order valence-electron chi connectivity index (χ0n) is 14.0. The third-order valence-electron chi connectivity index (χ3n) is 4.86. The number of carbonyl (C=O) groups is 1. The van der Waals surface area contributed by atoms with Crippen LogP contribution in [0.15, 0.2) is 23.2 Å². The lowest BCUT2D eigenvalue weighted by Crippen LogP contribution is -2.40. The number of rotatable bonds is 6. The lowest BCUT2D eigenvalue weighted by Gasteiger charge is -2.33. The van der Waals surface area contributed by atoms with E-state index in [0.29, 0.717) is 26.3 Å². The minimum absolute atomic E-state index is 0.0974. The Bertz CT molecular complexity index is 706. The predicted octanol–water partition coefficient (Wildman–Crippen LogP) is 3.13. The number of hydrogen-bond donors (Lipinski definition) is 0. The number of hydrogen-bond acceptors (Lipinski definition) is 4. The third-order valence-corrected chi connectivity index (χ3v) is 5.54. The number of amides is 1. The Balaban J connectivity index is 1.59. The van der Waals surface area contributed by atoms with E-state index in [1.165, 1.54) is 18.5 Å². The van der Waals surface area contributed by atoms with E-state index in [4.69, 9.17) is 4.74 Å². The van der Waals surface area contributed by atoms with Gasteiger partial charge in [0.15, 0.2) is 0 Å².